The van der Waals surface area contributed by atoms with Crippen LogP contribution in [-0.4, -0.2) is 12.1 Å². The van der Waals surface area contributed by atoms with Crippen molar-refractivity contribution in [3.05, 3.63) is 70.2 Å². The van der Waals surface area contributed by atoms with Gasteiger partial charge < -0.3 is 10.1 Å². The predicted octanol–water partition coefficient (Wildman–Crippen LogP) is 4.23. The molecular weight excluding hydrogens is 330 g/mol. The Morgan fingerprint density at radius 1 is 1.19 bits per heavy atom. The molecule has 2 aromatic rings. The van der Waals surface area contributed by atoms with Crippen LogP contribution >= 0.6 is 15.9 Å². The van der Waals surface area contributed by atoms with Crippen molar-refractivity contribution >= 4 is 22.0 Å². The number of alkyl carbamates (subject to hydrolysis) is 1. The molecule has 4 heteroatoms. The topological polar surface area (TPSA) is 38.3 Å². The van der Waals surface area contributed by atoms with Crippen LogP contribution in [0.2, 0.25) is 0 Å². The number of hydrogen-bond acceptors (Lipinski definition) is 2. The maximum Gasteiger partial charge on any atom is 0.407 e. The minimum Gasteiger partial charge on any atom is -0.445 e. The van der Waals surface area contributed by atoms with E-state index < -0.39 is 0 Å². The lowest BCUT2D eigenvalue weighted by molar-refractivity contribution is 0.139. The Balaban J connectivity index is 1.47. The third-order valence-corrected chi connectivity index (χ3v) is 4.08. The van der Waals surface area contributed by atoms with E-state index in [4.69, 9.17) is 4.74 Å². The van der Waals surface area contributed by atoms with Gasteiger partial charge in [-0.2, -0.15) is 0 Å². The van der Waals surface area contributed by atoms with Crippen molar-refractivity contribution in [1.29, 1.82) is 0 Å². The van der Waals surface area contributed by atoms with Gasteiger partial charge in [0.25, 0.3) is 0 Å². The number of carbonyl (C=O) groups excluding carboxylic acids is 1. The average Bonchev–Trinajstić information content (AvgIpc) is 3.25. The second kappa shape index (κ2) is 6.31. The Kier molecular flexibility index (Phi) is 4.25. The highest BCUT2D eigenvalue weighted by atomic mass is 79.9. The van der Waals surface area contributed by atoms with Crippen LogP contribution in [-0.2, 0) is 11.3 Å². The van der Waals surface area contributed by atoms with Crippen molar-refractivity contribution in [1.82, 2.24) is 5.32 Å². The van der Waals surface area contributed by atoms with Crippen molar-refractivity contribution in [3.63, 3.8) is 0 Å². The van der Waals surface area contributed by atoms with Crippen LogP contribution in [0.25, 0.3) is 0 Å². The van der Waals surface area contributed by atoms with Gasteiger partial charge in [0.2, 0.25) is 0 Å². The highest BCUT2D eigenvalue weighted by molar-refractivity contribution is 9.10. The molecule has 0 bridgehead atoms. The fraction of sp³-hybridized carbons (Fsp3) is 0.235. The maximum atomic E-state index is 11.8. The molecular formula is C17H16BrNO2. The number of ether oxygens (including phenoxy) is 1. The summed E-state index contributed by atoms with van der Waals surface area (Å²) in [5.41, 5.74) is 2.24. The molecule has 0 spiro atoms. The lowest BCUT2D eigenvalue weighted by atomic mass is 10.1. The Morgan fingerprint density at radius 3 is 2.76 bits per heavy atom. The van der Waals surface area contributed by atoms with Crippen LogP contribution in [0.5, 0.6) is 0 Å². The van der Waals surface area contributed by atoms with Gasteiger partial charge in [-0.15, -0.1) is 0 Å². The number of halogens is 1. The van der Waals surface area contributed by atoms with E-state index in [9.17, 15) is 4.79 Å². The molecule has 1 amide bonds. The molecule has 0 heterocycles. The third-order valence-electron chi connectivity index (χ3n) is 3.58. The molecule has 1 saturated carbocycles. The summed E-state index contributed by atoms with van der Waals surface area (Å²) in [7, 11) is 0. The number of nitrogens with one attached hydrogen (secondary N) is 1. The summed E-state index contributed by atoms with van der Waals surface area (Å²) < 4.78 is 6.29. The van der Waals surface area contributed by atoms with E-state index in [0.29, 0.717) is 12.5 Å². The number of carbonyl (C=O) groups is 1. The maximum absolute atomic E-state index is 11.8. The third kappa shape index (κ3) is 3.85. The molecule has 1 aliphatic carbocycles. The quantitative estimate of drug-likeness (QED) is 0.900. The Hall–Kier alpha value is -1.81. The summed E-state index contributed by atoms with van der Waals surface area (Å²) in [6.45, 7) is 0.306. The molecule has 0 saturated heterocycles. The first-order valence-electron chi connectivity index (χ1n) is 6.95. The number of amides is 1. The van der Waals surface area contributed by atoms with Crippen molar-refractivity contribution in [2.45, 2.75) is 25.0 Å². The average molecular weight is 346 g/mol. The van der Waals surface area contributed by atoms with Gasteiger partial charge in [0, 0.05) is 16.4 Å². The van der Waals surface area contributed by atoms with Crippen molar-refractivity contribution < 1.29 is 9.53 Å². The zero-order valence-corrected chi connectivity index (χ0v) is 13.0. The lowest BCUT2D eigenvalue weighted by Crippen LogP contribution is -2.27. The SMILES string of the molecule is O=C(N[C@@H]1C[C@H]1c1cccc(Br)c1)OCc1ccccc1. The van der Waals surface area contributed by atoms with Crippen LogP contribution < -0.4 is 5.32 Å². The summed E-state index contributed by atoms with van der Waals surface area (Å²) in [6.07, 6.45) is 0.623. The zero-order chi connectivity index (χ0) is 14.7. The number of benzene rings is 2. The normalized spacial score (nSPS) is 19.9. The molecule has 0 radical (unpaired) electrons. The zero-order valence-electron chi connectivity index (χ0n) is 11.5. The van der Waals surface area contributed by atoms with Gasteiger partial charge in [-0.25, -0.2) is 4.79 Å². The highest BCUT2D eigenvalue weighted by Gasteiger charge is 2.39. The van der Waals surface area contributed by atoms with Gasteiger partial charge in [-0.3, -0.25) is 0 Å². The molecule has 21 heavy (non-hydrogen) atoms. The van der Waals surface area contributed by atoms with E-state index >= 15 is 0 Å². The summed E-state index contributed by atoms with van der Waals surface area (Å²) >= 11 is 3.47. The van der Waals surface area contributed by atoms with Crippen LogP contribution in [0.1, 0.15) is 23.5 Å². The van der Waals surface area contributed by atoms with E-state index in [2.05, 4.69) is 33.4 Å². The monoisotopic (exact) mass is 345 g/mol. The summed E-state index contributed by atoms with van der Waals surface area (Å²) in [6, 6.07) is 18.1. The second-order valence-corrected chi connectivity index (χ2v) is 6.13. The molecule has 1 aliphatic rings. The molecule has 3 rings (SSSR count). The lowest BCUT2D eigenvalue weighted by Gasteiger charge is -2.07. The molecule has 0 aliphatic heterocycles. The van der Waals surface area contributed by atoms with Crippen LogP contribution in [0.4, 0.5) is 4.79 Å². The highest BCUT2D eigenvalue weighted by Crippen LogP contribution is 2.41. The van der Waals surface area contributed by atoms with E-state index in [1.807, 2.05) is 42.5 Å². The molecule has 0 unspecified atom stereocenters. The smallest absolute Gasteiger partial charge is 0.407 e. The molecule has 2 atom stereocenters. The second-order valence-electron chi connectivity index (χ2n) is 5.21. The van der Waals surface area contributed by atoms with Gasteiger partial charge in [-0.1, -0.05) is 58.4 Å². The van der Waals surface area contributed by atoms with Crippen molar-refractivity contribution in [3.8, 4) is 0 Å². The van der Waals surface area contributed by atoms with Crippen LogP contribution in [0.3, 0.4) is 0 Å². The number of rotatable bonds is 4. The largest absolute Gasteiger partial charge is 0.445 e. The minimum atomic E-state index is -0.346. The Bertz CT molecular complexity index is 630. The van der Waals surface area contributed by atoms with E-state index in [1.165, 1.54) is 5.56 Å². The molecule has 3 nitrogen and oxygen atoms in total. The Labute approximate surface area is 132 Å². The van der Waals surface area contributed by atoms with E-state index in [1.54, 1.807) is 0 Å². The number of hydrogen-bond donors (Lipinski definition) is 1. The predicted molar refractivity (Wildman–Crippen MR) is 85.1 cm³/mol. The molecule has 2 aromatic carbocycles. The molecule has 0 aromatic heterocycles. The molecule has 1 fully saturated rings. The molecule has 1 N–H and O–H groups in total. The van der Waals surface area contributed by atoms with E-state index in [0.717, 1.165) is 16.5 Å². The fourth-order valence-corrected chi connectivity index (χ4v) is 2.79. The summed E-state index contributed by atoms with van der Waals surface area (Å²) in [5.74, 6) is 0.395. The first-order valence-corrected chi connectivity index (χ1v) is 7.74. The van der Waals surface area contributed by atoms with Crippen molar-refractivity contribution in [2.75, 3.05) is 0 Å². The fourth-order valence-electron chi connectivity index (χ4n) is 2.38. The molecule has 108 valence electrons. The summed E-state index contributed by atoms with van der Waals surface area (Å²) in [5, 5.41) is 2.92. The Morgan fingerprint density at radius 2 is 2.00 bits per heavy atom. The minimum absolute atomic E-state index is 0.183. The van der Waals surface area contributed by atoms with Crippen LogP contribution in [0, 0.1) is 0 Å². The van der Waals surface area contributed by atoms with Gasteiger partial charge in [0.15, 0.2) is 0 Å². The first kappa shape index (κ1) is 14.1. The summed E-state index contributed by atoms with van der Waals surface area (Å²) in [4.78, 5) is 11.8. The van der Waals surface area contributed by atoms with Gasteiger partial charge >= 0.3 is 6.09 Å². The first-order chi connectivity index (χ1) is 10.2. The van der Waals surface area contributed by atoms with Crippen LogP contribution in [0.15, 0.2) is 59.1 Å². The standard InChI is InChI=1S/C17H16BrNO2/c18-14-8-4-7-13(9-14)15-10-16(15)19-17(20)21-11-12-5-2-1-3-6-12/h1-9,15-16H,10-11H2,(H,19,20)/t15-,16+/m0/s1. The van der Waals surface area contributed by atoms with Gasteiger partial charge in [-0.05, 0) is 29.7 Å². The van der Waals surface area contributed by atoms with Gasteiger partial charge in [0.1, 0.15) is 6.61 Å². The van der Waals surface area contributed by atoms with Crippen molar-refractivity contribution in [2.24, 2.45) is 0 Å². The van der Waals surface area contributed by atoms with Gasteiger partial charge in [0.05, 0.1) is 0 Å². The van der Waals surface area contributed by atoms with E-state index in [-0.39, 0.29) is 12.1 Å².